The maximum atomic E-state index is 13.0. The average Bonchev–Trinajstić information content (AvgIpc) is 3.27. The highest BCUT2D eigenvalue weighted by Crippen LogP contribution is 2.49. The van der Waals surface area contributed by atoms with E-state index in [0.717, 1.165) is 25.7 Å². The summed E-state index contributed by atoms with van der Waals surface area (Å²) in [6, 6.07) is 5.19. The first-order chi connectivity index (χ1) is 12.0. The molecular formula is C19H26N2O4. The molecule has 0 unspecified atom stereocenters. The van der Waals surface area contributed by atoms with Crippen LogP contribution in [0.25, 0.3) is 0 Å². The van der Waals surface area contributed by atoms with Crippen LogP contribution in [0, 0.1) is 11.3 Å². The van der Waals surface area contributed by atoms with Crippen LogP contribution in [-0.4, -0.2) is 51.1 Å². The van der Waals surface area contributed by atoms with Crippen molar-refractivity contribution in [2.24, 2.45) is 11.3 Å². The number of nitrogens with one attached hydrogen (secondary N) is 1. The normalized spacial score (nSPS) is 21.4. The molecule has 2 aliphatic rings. The monoisotopic (exact) mass is 346 g/mol. The summed E-state index contributed by atoms with van der Waals surface area (Å²) in [7, 11) is 4.79. The second-order valence-electron chi connectivity index (χ2n) is 6.99. The number of carbonyl (C=O) groups is 2. The van der Waals surface area contributed by atoms with Crippen molar-refractivity contribution in [3.05, 3.63) is 23.8 Å². The van der Waals surface area contributed by atoms with E-state index in [1.807, 2.05) is 4.90 Å². The zero-order chi connectivity index (χ0) is 18.0. The number of hydrogen-bond acceptors (Lipinski definition) is 4. The molecule has 25 heavy (non-hydrogen) atoms. The smallest absolute Gasteiger partial charge is 0.254 e. The van der Waals surface area contributed by atoms with Crippen LogP contribution >= 0.6 is 0 Å². The first-order valence-electron chi connectivity index (χ1n) is 8.77. The molecule has 1 aliphatic carbocycles. The zero-order valence-electron chi connectivity index (χ0n) is 15.1. The third kappa shape index (κ3) is 3.05. The fourth-order valence-corrected chi connectivity index (χ4v) is 4.40. The molecule has 1 aromatic carbocycles. The maximum absolute atomic E-state index is 13.0. The third-order valence-electron chi connectivity index (χ3n) is 5.73. The van der Waals surface area contributed by atoms with Gasteiger partial charge in [-0.3, -0.25) is 9.59 Å². The maximum Gasteiger partial charge on any atom is 0.254 e. The number of carbonyl (C=O) groups excluding carboxylic acids is 2. The number of ether oxygens (including phenoxy) is 2. The van der Waals surface area contributed by atoms with Gasteiger partial charge in [-0.2, -0.15) is 0 Å². The summed E-state index contributed by atoms with van der Waals surface area (Å²) in [5, 5.41) is 2.78. The van der Waals surface area contributed by atoms with Gasteiger partial charge in [0.2, 0.25) is 5.91 Å². The van der Waals surface area contributed by atoms with Crippen LogP contribution in [0.15, 0.2) is 18.2 Å². The van der Waals surface area contributed by atoms with E-state index in [9.17, 15) is 9.59 Å². The summed E-state index contributed by atoms with van der Waals surface area (Å²) in [5.74, 6) is 0.995. The Hall–Kier alpha value is -2.24. The van der Waals surface area contributed by atoms with Gasteiger partial charge in [0.15, 0.2) is 11.5 Å². The van der Waals surface area contributed by atoms with Crippen LogP contribution in [0.4, 0.5) is 0 Å². The van der Waals surface area contributed by atoms with E-state index in [4.69, 9.17) is 9.47 Å². The van der Waals surface area contributed by atoms with Gasteiger partial charge in [0.05, 0.1) is 20.1 Å². The van der Waals surface area contributed by atoms with Crippen molar-refractivity contribution in [2.75, 3.05) is 34.4 Å². The van der Waals surface area contributed by atoms with E-state index in [1.165, 1.54) is 0 Å². The lowest BCUT2D eigenvalue weighted by Crippen LogP contribution is -2.38. The molecule has 1 saturated heterocycles. The van der Waals surface area contributed by atoms with Crippen molar-refractivity contribution in [3.63, 3.8) is 0 Å². The summed E-state index contributed by atoms with van der Waals surface area (Å²) in [6.07, 6.45) is 4.29. The molecule has 1 N–H and O–H groups in total. The highest BCUT2D eigenvalue weighted by Gasteiger charge is 2.52. The quantitative estimate of drug-likeness (QED) is 0.906. The van der Waals surface area contributed by atoms with Crippen molar-refractivity contribution in [2.45, 2.75) is 25.7 Å². The molecular weight excluding hydrogens is 320 g/mol. The number of rotatable bonds is 4. The predicted octanol–water partition coefficient (Wildman–Crippen LogP) is 2.08. The molecule has 1 saturated carbocycles. The molecule has 1 aromatic rings. The first-order valence-corrected chi connectivity index (χ1v) is 8.77. The van der Waals surface area contributed by atoms with Crippen LogP contribution < -0.4 is 14.8 Å². The van der Waals surface area contributed by atoms with Gasteiger partial charge in [-0.25, -0.2) is 0 Å². The highest BCUT2D eigenvalue weighted by molar-refractivity contribution is 5.96. The van der Waals surface area contributed by atoms with Crippen LogP contribution in [0.1, 0.15) is 36.0 Å². The molecule has 2 amide bonds. The molecule has 3 rings (SSSR count). The van der Waals surface area contributed by atoms with Gasteiger partial charge in [-0.15, -0.1) is 0 Å². The molecule has 0 aromatic heterocycles. The summed E-state index contributed by atoms with van der Waals surface area (Å²) < 4.78 is 10.5. The summed E-state index contributed by atoms with van der Waals surface area (Å²) in [5.41, 5.74) is 0.495. The average molecular weight is 346 g/mol. The minimum absolute atomic E-state index is 0.0458. The standard InChI is InChI=1S/C19H26N2O4/c1-20-17(22)14-11-21(12-19(14)8-4-5-9-19)18(23)13-6-7-15(24-2)16(10-13)25-3/h6-7,10,14H,4-5,8-9,11-12H2,1-3H3,(H,20,22)/t14-/m0/s1. The van der Waals surface area contributed by atoms with Gasteiger partial charge in [-0.05, 0) is 31.0 Å². The number of likely N-dealkylation sites (tertiary alicyclic amines) is 1. The Labute approximate surface area is 148 Å². The first kappa shape index (κ1) is 17.6. The minimum Gasteiger partial charge on any atom is -0.493 e. The molecule has 1 aliphatic heterocycles. The van der Waals surface area contributed by atoms with E-state index >= 15 is 0 Å². The summed E-state index contributed by atoms with van der Waals surface area (Å²) in [6.45, 7) is 1.13. The van der Waals surface area contributed by atoms with E-state index in [2.05, 4.69) is 5.32 Å². The van der Waals surface area contributed by atoms with Crippen molar-refractivity contribution >= 4 is 11.8 Å². The predicted molar refractivity (Wildman–Crippen MR) is 93.9 cm³/mol. The number of hydrogen-bond donors (Lipinski definition) is 1. The SMILES string of the molecule is CNC(=O)[C@@H]1CN(C(=O)c2ccc(OC)c(OC)c2)CC12CCCC2. The van der Waals surface area contributed by atoms with Crippen molar-refractivity contribution in [3.8, 4) is 11.5 Å². The fourth-order valence-electron chi connectivity index (χ4n) is 4.40. The summed E-state index contributed by atoms with van der Waals surface area (Å²) in [4.78, 5) is 27.2. The Bertz CT molecular complexity index is 667. The molecule has 1 heterocycles. The molecule has 136 valence electrons. The van der Waals surface area contributed by atoms with E-state index in [1.54, 1.807) is 39.5 Å². The highest BCUT2D eigenvalue weighted by atomic mass is 16.5. The Morgan fingerprint density at radius 3 is 2.44 bits per heavy atom. The van der Waals surface area contributed by atoms with Gasteiger partial charge in [-0.1, -0.05) is 12.8 Å². The molecule has 0 bridgehead atoms. The fraction of sp³-hybridized carbons (Fsp3) is 0.579. The van der Waals surface area contributed by atoms with Crippen LogP contribution in [0.5, 0.6) is 11.5 Å². The van der Waals surface area contributed by atoms with Crippen LogP contribution in [-0.2, 0) is 4.79 Å². The second kappa shape index (κ2) is 6.94. The minimum atomic E-state index is -0.121. The molecule has 2 fully saturated rings. The topological polar surface area (TPSA) is 67.9 Å². The van der Waals surface area contributed by atoms with Gasteiger partial charge in [0.1, 0.15) is 0 Å². The van der Waals surface area contributed by atoms with Crippen LogP contribution in [0.2, 0.25) is 0 Å². The lowest BCUT2D eigenvalue weighted by atomic mass is 9.76. The molecule has 1 spiro atoms. The number of nitrogens with zero attached hydrogens (tertiary/aromatic N) is 1. The third-order valence-corrected chi connectivity index (χ3v) is 5.73. The van der Waals surface area contributed by atoms with Gasteiger partial charge in [0, 0.05) is 31.1 Å². The Morgan fingerprint density at radius 1 is 1.16 bits per heavy atom. The van der Waals surface area contributed by atoms with E-state index < -0.39 is 0 Å². The van der Waals surface area contributed by atoms with Crippen LogP contribution in [0.3, 0.4) is 0 Å². The largest absolute Gasteiger partial charge is 0.493 e. The molecule has 6 heteroatoms. The number of amides is 2. The second-order valence-corrected chi connectivity index (χ2v) is 6.99. The Morgan fingerprint density at radius 2 is 1.84 bits per heavy atom. The van der Waals surface area contributed by atoms with Gasteiger partial charge >= 0.3 is 0 Å². The van der Waals surface area contributed by atoms with E-state index in [0.29, 0.717) is 30.2 Å². The lowest BCUT2D eigenvalue weighted by Gasteiger charge is -2.28. The Balaban J connectivity index is 1.84. The molecule has 0 radical (unpaired) electrons. The van der Waals surface area contributed by atoms with Crippen molar-refractivity contribution < 1.29 is 19.1 Å². The lowest BCUT2D eigenvalue weighted by molar-refractivity contribution is -0.127. The van der Waals surface area contributed by atoms with Crippen molar-refractivity contribution in [1.82, 2.24) is 10.2 Å². The van der Waals surface area contributed by atoms with E-state index in [-0.39, 0.29) is 23.1 Å². The Kier molecular flexibility index (Phi) is 4.88. The zero-order valence-corrected chi connectivity index (χ0v) is 15.1. The number of methoxy groups -OCH3 is 2. The van der Waals surface area contributed by atoms with Crippen molar-refractivity contribution in [1.29, 1.82) is 0 Å². The van der Waals surface area contributed by atoms with Gasteiger partial charge < -0.3 is 19.7 Å². The number of benzene rings is 1. The summed E-state index contributed by atoms with van der Waals surface area (Å²) >= 11 is 0. The van der Waals surface area contributed by atoms with Gasteiger partial charge in [0.25, 0.3) is 5.91 Å². The molecule has 1 atom stereocenters. The molecule has 6 nitrogen and oxygen atoms in total.